The largest absolute Gasteiger partial charge is 0.294 e. The summed E-state index contributed by atoms with van der Waals surface area (Å²) in [6, 6.07) is 6.24. The Morgan fingerprint density at radius 1 is 1.12 bits per heavy atom. The van der Waals surface area contributed by atoms with Gasteiger partial charge in [-0.15, -0.1) is 0 Å². The number of benzene rings is 1. The Balaban J connectivity index is 2.10. The van der Waals surface area contributed by atoms with Crippen LogP contribution in [0.1, 0.15) is 45.1 Å². The maximum absolute atomic E-state index is 13.8. The Kier molecular flexibility index (Phi) is 7.65. The number of nitrogens with zero attached hydrogens (tertiary/aromatic N) is 2. The molecule has 0 spiro atoms. The molecule has 25 heavy (non-hydrogen) atoms. The van der Waals surface area contributed by atoms with E-state index in [0.29, 0.717) is 12.2 Å². The topological polar surface area (TPSA) is 40.6 Å². The molecule has 1 aliphatic rings. The van der Waals surface area contributed by atoms with Gasteiger partial charge in [0.2, 0.25) is 0 Å². The molecule has 0 aromatic heterocycles. The zero-order valence-electron chi connectivity index (χ0n) is 14.8. The van der Waals surface area contributed by atoms with Crippen LogP contribution in [-0.2, 0) is 4.79 Å². The van der Waals surface area contributed by atoms with Crippen LogP contribution in [0.25, 0.3) is 6.08 Å². The number of carbonyl (C=O) groups is 2. The summed E-state index contributed by atoms with van der Waals surface area (Å²) in [4.78, 5) is 28.5. The van der Waals surface area contributed by atoms with Gasteiger partial charge >= 0.3 is 0 Å². The van der Waals surface area contributed by atoms with Crippen molar-refractivity contribution >= 4 is 29.0 Å². The van der Waals surface area contributed by atoms with Crippen LogP contribution in [-0.4, -0.2) is 40.7 Å². The molecule has 1 aromatic rings. The molecule has 6 heteroatoms. The minimum Gasteiger partial charge on any atom is -0.286 e. The quantitative estimate of drug-likeness (QED) is 0.595. The van der Waals surface area contributed by atoms with E-state index in [4.69, 9.17) is 0 Å². The molecule has 4 nitrogen and oxygen atoms in total. The lowest BCUT2D eigenvalue weighted by Gasteiger charge is -2.26. The highest BCUT2D eigenvalue weighted by Crippen LogP contribution is 2.32. The monoisotopic (exact) mass is 364 g/mol. The van der Waals surface area contributed by atoms with Gasteiger partial charge in [-0.3, -0.25) is 19.4 Å². The van der Waals surface area contributed by atoms with Crippen LogP contribution in [0.15, 0.2) is 29.2 Å². The van der Waals surface area contributed by atoms with E-state index in [1.807, 2.05) is 0 Å². The second-order valence-electron chi connectivity index (χ2n) is 6.10. The van der Waals surface area contributed by atoms with Crippen molar-refractivity contribution in [2.75, 3.05) is 19.8 Å². The summed E-state index contributed by atoms with van der Waals surface area (Å²) < 4.78 is 13.8. The van der Waals surface area contributed by atoms with Crippen LogP contribution in [0.4, 0.5) is 9.18 Å². The van der Waals surface area contributed by atoms with Crippen LogP contribution < -0.4 is 0 Å². The van der Waals surface area contributed by atoms with Gasteiger partial charge in [-0.2, -0.15) is 0 Å². The highest BCUT2D eigenvalue weighted by molar-refractivity contribution is 8.18. The van der Waals surface area contributed by atoms with E-state index in [-0.39, 0.29) is 16.1 Å². The van der Waals surface area contributed by atoms with Crippen molar-refractivity contribution in [2.45, 2.75) is 39.5 Å². The molecule has 2 amide bonds. The van der Waals surface area contributed by atoms with E-state index in [0.717, 1.165) is 50.5 Å². The predicted molar refractivity (Wildman–Crippen MR) is 100 cm³/mol. The lowest BCUT2D eigenvalue weighted by atomic mass is 10.2. The number of carbonyl (C=O) groups excluding carboxylic acids is 2. The number of thioether (sulfide) groups is 1. The van der Waals surface area contributed by atoms with Crippen molar-refractivity contribution in [1.29, 1.82) is 0 Å². The van der Waals surface area contributed by atoms with E-state index >= 15 is 0 Å². The van der Waals surface area contributed by atoms with E-state index in [9.17, 15) is 14.0 Å². The van der Waals surface area contributed by atoms with Gasteiger partial charge in [-0.05, 0) is 49.8 Å². The van der Waals surface area contributed by atoms with Crippen LogP contribution in [0.5, 0.6) is 0 Å². The van der Waals surface area contributed by atoms with E-state index < -0.39 is 5.82 Å². The Hall–Kier alpha value is -1.66. The lowest BCUT2D eigenvalue weighted by Crippen LogP contribution is -2.41. The fourth-order valence-corrected chi connectivity index (χ4v) is 3.39. The van der Waals surface area contributed by atoms with Crippen molar-refractivity contribution in [3.8, 4) is 0 Å². The van der Waals surface area contributed by atoms with E-state index in [2.05, 4.69) is 18.7 Å². The Morgan fingerprint density at radius 3 is 2.36 bits per heavy atom. The SMILES string of the molecule is CCCCN(CCCC)CN1C(=O)S/C(=C\c2ccccc2F)C1=O. The molecular weight excluding hydrogens is 339 g/mol. The first kappa shape index (κ1) is 19.7. The Bertz CT molecular complexity index is 640. The minimum atomic E-state index is -0.401. The van der Waals surface area contributed by atoms with Crippen LogP contribution in [0, 0.1) is 5.82 Å². The van der Waals surface area contributed by atoms with Crippen molar-refractivity contribution < 1.29 is 14.0 Å². The van der Waals surface area contributed by atoms with E-state index in [1.165, 1.54) is 17.0 Å². The van der Waals surface area contributed by atoms with Crippen molar-refractivity contribution in [3.05, 3.63) is 40.6 Å². The molecule has 136 valence electrons. The van der Waals surface area contributed by atoms with Gasteiger partial charge in [0.15, 0.2) is 0 Å². The van der Waals surface area contributed by atoms with Gasteiger partial charge < -0.3 is 0 Å². The molecule has 0 radical (unpaired) electrons. The second-order valence-corrected chi connectivity index (χ2v) is 7.09. The standard InChI is InChI=1S/C19H25FN2O2S/c1-3-5-11-21(12-6-4-2)14-22-18(23)17(25-19(22)24)13-15-9-7-8-10-16(15)20/h7-10,13H,3-6,11-12,14H2,1-2H3/b17-13-. The Morgan fingerprint density at radius 2 is 1.76 bits per heavy atom. The molecule has 1 heterocycles. The van der Waals surface area contributed by atoms with Gasteiger partial charge in [0.25, 0.3) is 11.1 Å². The molecule has 0 bridgehead atoms. The third kappa shape index (κ3) is 5.41. The lowest BCUT2D eigenvalue weighted by molar-refractivity contribution is -0.124. The summed E-state index contributed by atoms with van der Waals surface area (Å²) >= 11 is 0.880. The summed E-state index contributed by atoms with van der Waals surface area (Å²) in [5.41, 5.74) is 0.321. The Labute approximate surface area is 153 Å². The zero-order valence-corrected chi connectivity index (χ0v) is 15.7. The first-order valence-electron chi connectivity index (χ1n) is 8.79. The highest BCUT2D eigenvalue weighted by atomic mass is 32.2. The summed E-state index contributed by atoms with van der Waals surface area (Å²) in [5.74, 6) is -0.738. The van der Waals surface area contributed by atoms with Crippen LogP contribution >= 0.6 is 11.8 Å². The maximum atomic E-state index is 13.8. The fourth-order valence-electron chi connectivity index (χ4n) is 2.57. The molecule has 1 saturated heterocycles. The number of halogens is 1. The van der Waals surface area contributed by atoms with E-state index in [1.54, 1.807) is 18.2 Å². The number of unbranched alkanes of at least 4 members (excludes halogenated alkanes) is 2. The third-order valence-electron chi connectivity index (χ3n) is 4.06. The van der Waals surface area contributed by atoms with Crippen molar-refractivity contribution in [3.63, 3.8) is 0 Å². The molecule has 1 aromatic carbocycles. The number of imide groups is 1. The molecule has 2 rings (SSSR count). The van der Waals surface area contributed by atoms with Crippen LogP contribution in [0.2, 0.25) is 0 Å². The van der Waals surface area contributed by atoms with Crippen molar-refractivity contribution in [2.24, 2.45) is 0 Å². The first-order chi connectivity index (χ1) is 12.1. The third-order valence-corrected chi connectivity index (χ3v) is 4.97. The average molecular weight is 364 g/mol. The normalized spacial score (nSPS) is 16.5. The first-order valence-corrected chi connectivity index (χ1v) is 9.60. The molecular formula is C19H25FN2O2S. The molecule has 0 unspecified atom stereocenters. The average Bonchev–Trinajstić information content (AvgIpc) is 2.86. The van der Waals surface area contributed by atoms with Gasteiger partial charge in [-0.25, -0.2) is 4.39 Å². The number of hydrogen-bond acceptors (Lipinski definition) is 4. The molecule has 0 atom stereocenters. The second kappa shape index (κ2) is 9.73. The number of hydrogen-bond donors (Lipinski definition) is 0. The van der Waals surface area contributed by atoms with Gasteiger partial charge in [0, 0.05) is 5.56 Å². The van der Waals surface area contributed by atoms with Crippen molar-refractivity contribution in [1.82, 2.24) is 9.80 Å². The maximum Gasteiger partial charge on any atom is 0.294 e. The molecule has 1 aliphatic heterocycles. The molecule has 0 aliphatic carbocycles. The molecule has 0 N–H and O–H groups in total. The fraction of sp³-hybridized carbons (Fsp3) is 0.474. The zero-order chi connectivity index (χ0) is 18.2. The predicted octanol–water partition coefficient (Wildman–Crippen LogP) is 4.72. The molecule has 1 fully saturated rings. The van der Waals surface area contributed by atoms with Gasteiger partial charge in [-0.1, -0.05) is 44.9 Å². The number of rotatable bonds is 9. The summed E-state index contributed by atoms with van der Waals surface area (Å²) in [6.45, 7) is 6.28. The summed E-state index contributed by atoms with van der Waals surface area (Å²) in [5, 5.41) is -0.286. The summed E-state index contributed by atoms with van der Waals surface area (Å²) in [6.07, 6.45) is 5.66. The summed E-state index contributed by atoms with van der Waals surface area (Å²) in [7, 11) is 0. The minimum absolute atomic E-state index is 0.279. The van der Waals surface area contributed by atoms with Gasteiger partial charge in [0.05, 0.1) is 11.6 Å². The number of amides is 2. The van der Waals surface area contributed by atoms with Crippen LogP contribution in [0.3, 0.4) is 0 Å². The molecule has 0 saturated carbocycles. The highest BCUT2D eigenvalue weighted by Gasteiger charge is 2.36. The van der Waals surface area contributed by atoms with Gasteiger partial charge in [0.1, 0.15) is 5.82 Å². The smallest absolute Gasteiger partial charge is 0.286 e.